The van der Waals surface area contributed by atoms with Gasteiger partial charge in [0.05, 0.1) is 24.7 Å². The third kappa shape index (κ3) is 2.94. The molecule has 0 amide bonds. The van der Waals surface area contributed by atoms with Crippen LogP contribution in [0, 0.1) is 11.8 Å². The number of esters is 1. The molecular formula is C18H28O7Si. The Hall–Kier alpha value is -1.48. The van der Waals surface area contributed by atoms with Gasteiger partial charge in [0, 0.05) is 26.9 Å². The lowest BCUT2D eigenvalue weighted by atomic mass is 9.58. The summed E-state index contributed by atoms with van der Waals surface area (Å²) < 4.78 is 27.6. The molecule has 1 fully saturated rings. The zero-order valence-corrected chi connectivity index (χ0v) is 17.5. The summed E-state index contributed by atoms with van der Waals surface area (Å²) >= 11 is 0. The summed E-state index contributed by atoms with van der Waals surface area (Å²) in [6.07, 6.45) is 1.88. The van der Waals surface area contributed by atoms with Crippen LogP contribution in [0.15, 0.2) is 24.0 Å². The summed E-state index contributed by atoms with van der Waals surface area (Å²) in [5.41, 5.74) is -1.17. The van der Waals surface area contributed by atoms with Gasteiger partial charge in [-0.25, -0.2) is 4.79 Å². The van der Waals surface area contributed by atoms with Gasteiger partial charge < -0.3 is 23.4 Å². The molecule has 0 unspecified atom stereocenters. The zero-order chi connectivity index (χ0) is 19.9. The lowest BCUT2D eigenvalue weighted by molar-refractivity contribution is -0.258. The van der Waals surface area contributed by atoms with Crippen molar-refractivity contribution in [1.82, 2.24) is 0 Å². The normalized spacial score (nSPS) is 30.0. The molecule has 0 aliphatic heterocycles. The molecule has 0 N–H and O–H groups in total. The molecule has 3 aliphatic carbocycles. The molecule has 0 saturated heterocycles. The molecule has 146 valence electrons. The Labute approximate surface area is 155 Å². The molecule has 2 bridgehead atoms. The van der Waals surface area contributed by atoms with E-state index in [4.69, 9.17) is 23.4 Å². The highest BCUT2D eigenvalue weighted by Gasteiger charge is 2.69. The Morgan fingerprint density at radius 2 is 1.73 bits per heavy atom. The quantitative estimate of drug-likeness (QED) is 0.288. The predicted octanol–water partition coefficient (Wildman–Crippen LogP) is 2.04. The van der Waals surface area contributed by atoms with Crippen molar-refractivity contribution in [3.8, 4) is 0 Å². The number of rotatable bonds is 7. The van der Waals surface area contributed by atoms with Gasteiger partial charge in [0.15, 0.2) is 5.60 Å². The molecule has 3 rings (SSSR count). The minimum absolute atomic E-state index is 0.301. The number of hydrogen-bond acceptors (Lipinski definition) is 7. The molecule has 3 atom stereocenters. The first-order chi connectivity index (χ1) is 12.0. The van der Waals surface area contributed by atoms with Crippen molar-refractivity contribution in [2.24, 2.45) is 11.8 Å². The molecule has 8 heteroatoms. The third-order valence-electron chi connectivity index (χ3n) is 5.06. The molecule has 0 spiro atoms. The Bertz CT molecular complexity index is 644. The van der Waals surface area contributed by atoms with E-state index in [1.165, 1.54) is 34.5 Å². The van der Waals surface area contributed by atoms with Crippen LogP contribution in [-0.2, 0) is 33.0 Å². The number of hydrogen-bond donors (Lipinski definition) is 0. The summed E-state index contributed by atoms with van der Waals surface area (Å²) in [7, 11) is 3.52. The van der Waals surface area contributed by atoms with Crippen LogP contribution in [0.3, 0.4) is 0 Å². The van der Waals surface area contributed by atoms with E-state index in [0.717, 1.165) is 0 Å². The van der Waals surface area contributed by atoms with Gasteiger partial charge >= 0.3 is 5.97 Å². The van der Waals surface area contributed by atoms with E-state index in [-0.39, 0.29) is 0 Å². The lowest BCUT2D eigenvalue weighted by Crippen LogP contribution is -2.70. The van der Waals surface area contributed by atoms with Gasteiger partial charge in [0.25, 0.3) is 0 Å². The average molecular weight is 385 g/mol. The summed E-state index contributed by atoms with van der Waals surface area (Å²) in [6, 6.07) is 0. The van der Waals surface area contributed by atoms with Crippen molar-refractivity contribution in [3.05, 3.63) is 24.0 Å². The van der Waals surface area contributed by atoms with Crippen molar-refractivity contribution >= 4 is 20.1 Å². The van der Waals surface area contributed by atoms with E-state index in [1.54, 1.807) is 0 Å². The minimum Gasteiger partial charge on any atom is -0.547 e. The maximum absolute atomic E-state index is 13.4. The molecule has 0 radical (unpaired) electrons. The number of fused-ring (bicyclic) bond motifs is 2. The van der Waals surface area contributed by atoms with E-state index in [0.29, 0.717) is 17.8 Å². The average Bonchev–Trinajstić information content (AvgIpc) is 2.60. The largest absolute Gasteiger partial charge is 0.547 e. The van der Waals surface area contributed by atoms with Crippen LogP contribution >= 0.6 is 0 Å². The molecule has 0 heterocycles. The van der Waals surface area contributed by atoms with Crippen LogP contribution in [0.4, 0.5) is 0 Å². The van der Waals surface area contributed by atoms with Gasteiger partial charge in [-0.3, -0.25) is 4.79 Å². The van der Waals surface area contributed by atoms with Crippen molar-refractivity contribution < 1.29 is 33.0 Å². The van der Waals surface area contributed by atoms with E-state index in [1.807, 2.05) is 19.6 Å². The van der Waals surface area contributed by atoms with Crippen LogP contribution in [0.25, 0.3) is 0 Å². The smallest absolute Gasteiger partial charge is 0.334 e. The first kappa shape index (κ1) is 20.8. The highest BCUT2D eigenvalue weighted by Crippen LogP contribution is 2.55. The monoisotopic (exact) mass is 384 g/mol. The van der Waals surface area contributed by atoms with E-state index in [2.05, 4.69) is 6.58 Å². The molecule has 3 aliphatic rings. The van der Waals surface area contributed by atoms with Gasteiger partial charge in [-0.05, 0) is 32.1 Å². The number of Topliss-reactive ketones (excluding diaryl/α,β-unsaturated/α-hetero) is 1. The first-order valence-electron chi connectivity index (χ1n) is 8.42. The van der Waals surface area contributed by atoms with Crippen molar-refractivity contribution in [2.45, 2.75) is 37.5 Å². The summed E-state index contributed by atoms with van der Waals surface area (Å²) in [6.45, 7) is 10.2. The van der Waals surface area contributed by atoms with E-state index in [9.17, 15) is 9.59 Å². The fourth-order valence-corrected chi connectivity index (χ4v) is 4.91. The van der Waals surface area contributed by atoms with Gasteiger partial charge in [-0.2, -0.15) is 0 Å². The fourth-order valence-electron chi connectivity index (χ4n) is 3.99. The van der Waals surface area contributed by atoms with Gasteiger partial charge in [0.1, 0.15) is 0 Å². The topological polar surface area (TPSA) is 80.3 Å². The first-order valence-corrected chi connectivity index (χ1v) is 11.8. The second-order valence-electron chi connectivity index (χ2n) is 7.51. The van der Waals surface area contributed by atoms with Crippen LogP contribution in [0.2, 0.25) is 19.6 Å². The number of methoxy groups -OCH3 is 4. The third-order valence-corrected chi connectivity index (χ3v) is 5.93. The molecule has 0 aromatic rings. The second kappa shape index (κ2) is 6.92. The Morgan fingerprint density at radius 1 is 1.15 bits per heavy atom. The van der Waals surface area contributed by atoms with Gasteiger partial charge in [0.2, 0.25) is 19.9 Å². The molecule has 1 saturated carbocycles. The Kier molecular flexibility index (Phi) is 5.54. The Morgan fingerprint density at radius 3 is 2.15 bits per heavy atom. The second-order valence-corrected chi connectivity index (χ2v) is 11.9. The molecule has 7 nitrogen and oxygen atoms in total. The summed E-state index contributed by atoms with van der Waals surface area (Å²) in [5, 5.41) is 0. The minimum atomic E-state index is -1.94. The lowest BCUT2D eigenvalue weighted by Gasteiger charge is -2.55. The van der Waals surface area contributed by atoms with Crippen molar-refractivity contribution in [1.29, 1.82) is 0 Å². The maximum Gasteiger partial charge on any atom is 0.334 e. The van der Waals surface area contributed by atoms with Crippen LogP contribution in [-0.4, -0.2) is 59.9 Å². The molecule has 26 heavy (non-hydrogen) atoms. The zero-order valence-electron chi connectivity index (χ0n) is 16.5. The predicted molar refractivity (Wildman–Crippen MR) is 96.8 cm³/mol. The number of carbonyl (C=O) groups excluding carboxylic acids is 2. The number of ether oxygens (including phenoxy) is 4. The van der Waals surface area contributed by atoms with Crippen molar-refractivity contribution in [2.75, 3.05) is 28.4 Å². The number of carbonyl (C=O) groups is 2. The molecule has 0 aromatic carbocycles. The Balaban J connectivity index is 2.62. The van der Waals surface area contributed by atoms with E-state index < -0.39 is 43.3 Å². The number of ketones is 1. The van der Waals surface area contributed by atoms with Crippen LogP contribution < -0.4 is 0 Å². The highest BCUT2D eigenvalue weighted by atomic mass is 28.4. The standard InChI is InChI=1S/C18H28O7Si/c1-11(25-26(6,7)8)13-9-14-12(15(19)21-2)10-17(13,22-3)16(20)18(14,23-4)24-5/h10,13-14H,1,9H2,2-8H3/t13-,14+,17-/m0/s1. The van der Waals surface area contributed by atoms with E-state index >= 15 is 0 Å². The summed E-state index contributed by atoms with van der Waals surface area (Å²) in [4.78, 5) is 25.7. The van der Waals surface area contributed by atoms with Gasteiger partial charge in [-0.15, -0.1) is 0 Å². The highest BCUT2D eigenvalue weighted by molar-refractivity contribution is 6.70. The fraction of sp³-hybridized carbons (Fsp3) is 0.667. The van der Waals surface area contributed by atoms with Crippen molar-refractivity contribution in [3.63, 3.8) is 0 Å². The SMILES string of the molecule is C=C(O[Si](C)(C)C)[C@@H]1C[C@@H]2C(C(=O)OC)=C[C@@]1(OC)C(=O)C2(OC)OC. The maximum atomic E-state index is 13.4. The van der Waals surface area contributed by atoms with Gasteiger partial charge in [-0.1, -0.05) is 6.58 Å². The van der Waals surface area contributed by atoms with Crippen LogP contribution in [0.5, 0.6) is 0 Å². The van der Waals surface area contributed by atoms with Crippen LogP contribution in [0.1, 0.15) is 6.42 Å². The molecule has 0 aromatic heterocycles. The molecular weight excluding hydrogens is 356 g/mol. The summed E-state index contributed by atoms with van der Waals surface area (Å²) in [5.74, 6) is -3.20.